The number of para-hydroxylation sites is 1. The Morgan fingerprint density at radius 1 is 1.16 bits per heavy atom. The molecule has 2 heterocycles. The van der Waals surface area contributed by atoms with Gasteiger partial charge in [-0.3, -0.25) is 4.79 Å². The second-order valence-electron chi connectivity index (χ2n) is 6.79. The molecule has 1 N–H and O–H groups in total. The molecule has 1 fully saturated rings. The van der Waals surface area contributed by atoms with Gasteiger partial charge in [0.2, 0.25) is 5.91 Å². The lowest BCUT2D eigenvalue weighted by molar-refractivity contribution is -0.131. The molecule has 1 aromatic heterocycles. The lowest BCUT2D eigenvalue weighted by atomic mass is 9.94. The summed E-state index contributed by atoms with van der Waals surface area (Å²) in [4.78, 5) is 18.3. The number of aromatic amines is 1. The van der Waals surface area contributed by atoms with Crippen LogP contribution < -0.4 is 0 Å². The highest BCUT2D eigenvalue weighted by molar-refractivity contribution is 9.10. The van der Waals surface area contributed by atoms with Crippen LogP contribution >= 0.6 is 15.9 Å². The van der Waals surface area contributed by atoms with Crippen LogP contribution in [0.5, 0.6) is 0 Å². The van der Waals surface area contributed by atoms with Crippen LogP contribution in [0.4, 0.5) is 0 Å². The van der Waals surface area contributed by atoms with Crippen LogP contribution in [-0.4, -0.2) is 28.9 Å². The van der Waals surface area contributed by atoms with E-state index in [4.69, 9.17) is 0 Å². The largest absolute Gasteiger partial charge is 0.358 e. The highest BCUT2D eigenvalue weighted by Gasteiger charge is 2.25. The van der Waals surface area contributed by atoms with Crippen LogP contribution in [0.1, 0.15) is 30.0 Å². The first-order valence-corrected chi connectivity index (χ1v) is 9.58. The molecule has 128 valence electrons. The Kier molecular flexibility index (Phi) is 4.62. The van der Waals surface area contributed by atoms with Crippen molar-refractivity contribution in [2.45, 2.75) is 25.2 Å². The lowest BCUT2D eigenvalue weighted by Crippen LogP contribution is -2.40. The van der Waals surface area contributed by atoms with E-state index in [1.165, 1.54) is 16.6 Å². The Bertz CT molecular complexity index is 851. The number of nitrogens with zero attached hydrogens (tertiary/aromatic N) is 1. The van der Waals surface area contributed by atoms with Crippen molar-refractivity contribution in [2.75, 3.05) is 13.1 Å². The van der Waals surface area contributed by atoms with Gasteiger partial charge in [-0.05, 0) is 48.1 Å². The molecule has 4 rings (SSSR count). The standard InChI is InChI=1S/C21H21BrN2O/c22-18-9-7-15(8-10-18)12-21(25)24-11-3-5-17(14-24)20-13-16-4-1-2-6-19(16)23-20/h1-2,4,6-10,13,17,23H,3,5,11-12,14H2. The van der Waals surface area contributed by atoms with Crippen molar-refractivity contribution in [3.05, 3.63) is 70.3 Å². The molecule has 0 saturated carbocycles. The van der Waals surface area contributed by atoms with Gasteiger partial charge in [-0.15, -0.1) is 0 Å². The van der Waals surface area contributed by atoms with E-state index in [-0.39, 0.29) is 5.91 Å². The van der Waals surface area contributed by atoms with Crippen LogP contribution in [0.2, 0.25) is 0 Å². The number of fused-ring (bicyclic) bond motifs is 1. The topological polar surface area (TPSA) is 36.1 Å². The van der Waals surface area contributed by atoms with Crippen LogP contribution in [0.25, 0.3) is 10.9 Å². The Morgan fingerprint density at radius 3 is 2.76 bits per heavy atom. The number of hydrogen-bond acceptors (Lipinski definition) is 1. The highest BCUT2D eigenvalue weighted by atomic mass is 79.9. The van der Waals surface area contributed by atoms with Gasteiger partial charge in [-0.1, -0.05) is 46.3 Å². The maximum absolute atomic E-state index is 12.7. The third-order valence-corrected chi connectivity index (χ3v) is 5.56. The molecule has 25 heavy (non-hydrogen) atoms. The van der Waals surface area contributed by atoms with E-state index in [9.17, 15) is 4.79 Å². The summed E-state index contributed by atoms with van der Waals surface area (Å²) in [7, 11) is 0. The molecular weight excluding hydrogens is 376 g/mol. The first kappa shape index (κ1) is 16.4. The van der Waals surface area contributed by atoms with Gasteiger partial charge in [0.1, 0.15) is 0 Å². The van der Waals surface area contributed by atoms with Crippen LogP contribution in [0.3, 0.4) is 0 Å². The van der Waals surface area contributed by atoms with E-state index in [1.54, 1.807) is 0 Å². The van der Waals surface area contributed by atoms with Crippen molar-refractivity contribution in [1.29, 1.82) is 0 Å². The van der Waals surface area contributed by atoms with Crippen molar-refractivity contribution in [1.82, 2.24) is 9.88 Å². The van der Waals surface area contributed by atoms with E-state index >= 15 is 0 Å². The maximum atomic E-state index is 12.7. The molecule has 1 atom stereocenters. The van der Waals surface area contributed by atoms with Crippen molar-refractivity contribution >= 4 is 32.7 Å². The highest BCUT2D eigenvalue weighted by Crippen LogP contribution is 2.29. The van der Waals surface area contributed by atoms with E-state index in [0.717, 1.165) is 36.0 Å². The molecule has 4 heteroatoms. The SMILES string of the molecule is O=C(Cc1ccc(Br)cc1)N1CCCC(c2cc3ccccc3[nH]2)C1. The third kappa shape index (κ3) is 3.64. The summed E-state index contributed by atoms with van der Waals surface area (Å²) >= 11 is 3.44. The number of piperidine rings is 1. The van der Waals surface area contributed by atoms with Crippen molar-refractivity contribution in [3.63, 3.8) is 0 Å². The fourth-order valence-corrected chi connectivity index (χ4v) is 3.93. The minimum Gasteiger partial charge on any atom is -0.358 e. The zero-order valence-electron chi connectivity index (χ0n) is 14.0. The van der Waals surface area contributed by atoms with Gasteiger partial charge in [0.15, 0.2) is 0 Å². The first-order valence-electron chi connectivity index (χ1n) is 8.79. The first-order chi connectivity index (χ1) is 12.2. The van der Waals surface area contributed by atoms with E-state index < -0.39 is 0 Å². The smallest absolute Gasteiger partial charge is 0.227 e. The molecule has 0 bridgehead atoms. The van der Waals surface area contributed by atoms with Crippen molar-refractivity contribution in [3.8, 4) is 0 Å². The minimum atomic E-state index is 0.225. The molecule has 2 aromatic carbocycles. The van der Waals surface area contributed by atoms with Gasteiger partial charge in [0, 0.05) is 34.7 Å². The van der Waals surface area contributed by atoms with Gasteiger partial charge in [-0.25, -0.2) is 0 Å². The fourth-order valence-electron chi connectivity index (χ4n) is 3.66. The van der Waals surface area contributed by atoms with E-state index in [2.05, 4.69) is 51.2 Å². The number of carbonyl (C=O) groups is 1. The molecule has 0 spiro atoms. The number of amides is 1. The average molecular weight is 397 g/mol. The quantitative estimate of drug-likeness (QED) is 0.672. The second kappa shape index (κ2) is 7.04. The minimum absolute atomic E-state index is 0.225. The predicted molar refractivity (Wildman–Crippen MR) is 105 cm³/mol. The molecule has 0 radical (unpaired) electrons. The number of nitrogens with one attached hydrogen (secondary N) is 1. The van der Waals surface area contributed by atoms with Crippen molar-refractivity contribution < 1.29 is 4.79 Å². The number of rotatable bonds is 3. The van der Waals surface area contributed by atoms with Crippen LogP contribution in [0.15, 0.2) is 59.1 Å². The number of aromatic nitrogens is 1. The third-order valence-electron chi connectivity index (χ3n) is 5.03. The van der Waals surface area contributed by atoms with Gasteiger partial charge in [0.25, 0.3) is 0 Å². The lowest BCUT2D eigenvalue weighted by Gasteiger charge is -2.32. The van der Waals surface area contributed by atoms with Gasteiger partial charge < -0.3 is 9.88 Å². The summed E-state index contributed by atoms with van der Waals surface area (Å²) < 4.78 is 1.04. The molecule has 0 aliphatic carbocycles. The number of carbonyl (C=O) groups excluding carboxylic acids is 1. The average Bonchev–Trinajstić information content (AvgIpc) is 3.08. The molecule has 1 aliphatic heterocycles. The zero-order chi connectivity index (χ0) is 17.2. The number of likely N-dealkylation sites (tertiary alicyclic amines) is 1. The molecule has 1 amide bonds. The monoisotopic (exact) mass is 396 g/mol. The van der Waals surface area contributed by atoms with Crippen LogP contribution in [0, 0.1) is 0 Å². The normalized spacial score (nSPS) is 17.8. The summed E-state index contributed by atoms with van der Waals surface area (Å²) in [6, 6.07) is 18.6. The summed E-state index contributed by atoms with van der Waals surface area (Å²) in [5.74, 6) is 0.623. The van der Waals surface area contributed by atoms with E-state index in [1.807, 2.05) is 29.2 Å². The predicted octanol–water partition coefficient (Wildman–Crippen LogP) is 4.88. The summed E-state index contributed by atoms with van der Waals surface area (Å²) in [5.41, 5.74) is 3.50. The molecule has 3 nitrogen and oxygen atoms in total. The Balaban J connectivity index is 1.46. The molecular formula is C21H21BrN2O. The zero-order valence-corrected chi connectivity index (χ0v) is 15.6. The Labute approximate surface area is 156 Å². The number of H-pyrrole nitrogens is 1. The molecule has 1 saturated heterocycles. The second-order valence-corrected chi connectivity index (χ2v) is 7.71. The number of hydrogen-bond donors (Lipinski definition) is 1. The molecule has 3 aromatic rings. The van der Waals surface area contributed by atoms with Crippen molar-refractivity contribution in [2.24, 2.45) is 0 Å². The van der Waals surface area contributed by atoms with E-state index in [0.29, 0.717) is 12.3 Å². The molecule has 1 aliphatic rings. The summed E-state index contributed by atoms with van der Waals surface area (Å²) in [5, 5.41) is 1.25. The van der Waals surface area contributed by atoms with Crippen LogP contribution in [-0.2, 0) is 11.2 Å². The molecule has 1 unspecified atom stereocenters. The summed E-state index contributed by atoms with van der Waals surface area (Å²) in [6.45, 7) is 1.67. The van der Waals surface area contributed by atoms with Gasteiger partial charge >= 0.3 is 0 Å². The Morgan fingerprint density at radius 2 is 1.96 bits per heavy atom. The number of halogens is 1. The fraction of sp³-hybridized carbons (Fsp3) is 0.286. The van der Waals surface area contributed by atoms with Gasteiger partial charge in [0.05, 0.1) is 6.42 Å². The van der Waals surface area contributed by atoms with Gasteiger partial charge in [-0.2, -0.15) is 0 Å². The number of benzene rings is 2. The summed E-state index contributed by atoms with van der Waals surface area (Å²) in [6.07, 6.45) is 2.67. The Hall–Kier alpha value is -2.07. The maximum Gasteiger partial charge on any atom is 0.227 e.